The van der Waals surface area contributed by atoms with Gasteiger partial charge in [0, 0.05) is 5.57 Å². The molecule has 1 atom stereocenters. The van der Waals surface area contributed by atoms with Gasteiger partial charge in [-0.1, -0.05) is 18.2 Å². The van der Waals surface area contributed by atoms with Gasteiger partial charge >= 0.3 is 0 Å². The second kappa shape index (κ2) is 6.23. The van der Waals surface area contributed by atoms with Crippen LogP contribution in [0.1, 0.15) is 5.56 Å². The fourth-order valence-electron chi connectivity index (χ4n) is 3.25. The van der Waals surface area contributed by atoms with Gasteiger partial charge in [-0.15, -0.1) is 4.59 Å². The summed E-state index contributed by atoms with van der Waals surface area (Å²) >= 11 is 0. The number of fused-ring (bicyclic) bond motifs is 1. The Balaban J connectivity index is 1.45. The number of hydrogen-bond donors (Lipinski definition) is 1. The monoisotopic (exact) mass is 371 g/mol. The quantitative estimate of drug-likeness (QED) is 0.642. The lowest BCUT2D eigenvalue weighted by molar-refractivity contribution is -0.750. The highest BCUT2D eigenvalue weighted by Gasteiger charge is 2.44. The first-order valence-electron chi connectivity index (χ1n) is 8.78. The minimum atomic E-state index is -0.299. The molecular weight excluding hydrogens is 355 g/mol. The van der Waals surface area contributed by atoms with E-state index in [1.807, 2.05) is 48.7 Å². The van der Waals surface area contributed by atoms with Crippen molar-refractivity contribution in [1.29, 1.82) is 0 Å². The summed E-state index contributed by atoms with van der Waals surface area (Å²) in [6, 6.07) is 13.4. The largest absolute Gasteiger partial charge is 0.457 e. The van der Waals surface area contributed by atoms with Gasteiger partial charge in [0.25, 0.3) is 5.84 Å². The van der Waals surface area contributed by atoms with Crippen LogP contribution in [0, 0.1) is 5.82 Å². The molecule has 0 radical (unpaired) electrons. The first-order chi connectivity index (χ1) is 13.6. The average Bonchev–Trinajstić information content (AvgIpc) is 2.96. The molecule has 2 aromatic carbocycles. The molecule has 0 amide bonds. The first-order valence-corrected chi connectivity index (χ1v) is 8.78. The Morgan fingerprint density at radius 3 is 2.29 bits per heavy atom. The van der Waals surface area contributed by atoms with Crippen molar-refractivity contribution < 1.29 is 13.7 Å². The number of rotatable bonds is 4. The second-order valence-electron chi connectivity index (χ2n) is 6.58. The molecule has 2 aliphatic heterocycles. The first kappa shape index (κ1) is 16.6. The number of benzene rings is 2. The molecule has 5 nitrogen and oxygen atoms in total. The summed E-state index contributed by atoms with van der Waals surface area (Å²) < 4.78 is 18.8. The molecule has 28 heavy (non-hydrogen) atoms. The van der Waals surface area contributed by atoms with E-state index in [2.05, 4.69) is 4.99 Å². The highest BCUT2D eigenvalue weighted by molar-refractivity contribution is 6.01. The topological polar surface area (TPSA) is 60.0 Å². The fraction of sp³-hybridized carbons (Fsp3) is 0. The summed E-state index contributed by atoms with van der Waals surface area (Å²) in [6.07, 6.45) is 11.2. The van der Waals surface area contributed by atoms with Crippen molar-refractivity contribution in [2.45, 2.75) is 0 Å². The maximum absolute atomic E-state index is 13.0. The molecule has 0 saturated heterocycles. The number of quaternary nitrogens is 1. The molecule has 0 aromatic heterocycles. The number of amidine groups is 1. The smallest absolute Gasteiger partial charge is 0.265 e. The van der Waals surface area contributed by atoms with Crippen LogP contribution < -0.4 is 10.6 Å². The summed E-state index contributed by atoms with van der Waals surface area (Å²) in [6.45, 7) is 0. The van der Waals surface area contributed by atoms with Gasteiger partial charge in [0.2, 0.25) is 5.70 Å². The fourth-order valence-corrected chi connectivity index (χ4v) is 3.25. The van der Waals surface area contributed by atoms with E-state index < -0.39 is 0 Å². The summed E-state index contributed by atoms with van der Waals surface area (Å²) in [4.78, 5) is 9.04. The number of nitrogens with zero attached hydrogens (tertiary/aromatic N) is 3. The maximum Gasteiger partial charge on any atom is 0.265 e. The number of hydrogen-bond acceptors (Lipinski definition) is 4. The van der Waals surface area contributed by atoms with Crippen LogP contribution in [-0.4, -0.2) is 16.6 Å². The van der Waals surface area contributed by atoms with Crippen LogP contribution in [0.5, 0.6) is 11.5 Å². The van der Waals surface area contributed by atoms with E-state index in [-0.39, 0.29) is 10.4 Å². The zero-order valence-electron chi connectivity index (χ0n) is 14.8. The van der Waals surface area contributed by atoms with Crippen molar-refractivity contribution in [3.8, 4) is 11.5 Å². The lowest BCUT2D eigenvalue weighted by Gasteiger charge is -2.26. The van der Waals surface area contributed by atoms with Crippen molar-refractivity contribution in [2.75, 3.05) is 0 Å². The Kier molecular flexibility index (Phi) is 3.68. The van der Waals surface area contributed by atoms with Crippen molar-refractivity contribution >= 4 is 12.1 Å². The van der Waals surface area contributed by atoms with Gasteiger partial charge in [-0.2, -0.15) is 10.8 Å². The van der Waals surface area contributed by atoms with Gasteiger partial charge in [-0.05, 0) is 48.5 Å². The summed E-state index contributed by atoms with van der Waals surface area (Å²) in [7, 11) is 0. The Labute approximate surface area is 161 Å². The molecule has 0 fully saturated rings. The molecule has 2 heterocycles. The van der Waals surface area contributed by atoms with E-state index in [4.69, 9.17) is 15.6 Å². The standard InChI is InChI=1S/C22H16FN4O/c23-17-6-10-19(11-7-17)28-18-8-4-16(5-9-18)22-26-21(15-2-1-3-15)20-14-25-12-13-27(20,22)24/h1-14H,24H2/q+1. The van der Waals surface area contributed by atoms with Gasteiger partial charge < -0.3 is 4.74 Å². The number of nitrogens with two attached hydrogens (primary N) is 1. The number of ether oxygens (including phenoxy) is 1. The third kappa shape index (κ3) is 2.63. The Morgan fingerprint density at radius 2 is 1.64 bits per heavy atom. The Morgan fingerprint density at radius 1 is 0.964 bits per heavy atom. The van der Waals surface area contributed by atoms with Crippen molar-refractivity contribution in [2.24, 2.45) is 15.8 Å². The van der Waals surface area contributed by atoms with Crippen LogP contribution in [0.4, 0.5) is 4.39 Å². The molecule has 136 valence electrons. The third-order valence-electron chi connectivity index (χ3n) is 4.78. The average molecular weight is 371 g/mol. The van der Waals surface area contributed by atoms with Gasteiger partial charge in [0.05, 0.1) is 18.0 Å². The van der Waals surface area contributed by atoms with Gasteiger partial charge in [0.1, 0.15) is 29.2 Å². The van der Waals surface area contributed by atoms with Crippen molar-refractivity contribution in [3.63, 3.8) is 0 Å². The highest BCUT2D eigenvalue weighted by atomic mass is 19.1. The molecule has 0 saturated carbocycles. The van der Waals surface area contributed by atoms with E-state index >= 15 is 0 Å². The zero-order chi connectivity index (χ0) is 19.1. The summed E-state index contributed by atoms with van der Waals surface area (Å²) in [5.41, 5.74) is 3.58. The van der Waals surface area contributed by atoms with Crippen LogP contribution in [0.3, 0.4) is 0 Å². The van der Waals surface area contributed by atoms with Crippen molar-refractivity contribution in [3.05, 3.63) is 108 Å². The molecule has 2 N–H and O–H groups in total. The summed E-state index contributed by atoms with van der Waals surface area (Å²) in [5, 5.41) is 0. The Bertz CT molecular complexity index is 1140. The van der Waals surface area contributed by atoms with Crippen LogP contribution in [-0.2, 0) is 0 Å². The van der Waals surface area contributed by atoms with Gasteiger partial charge in [0.15, 0.2) is 0 Å². The molecule has 1 aliphatic carbocycles. The lowest BCUT2D eigenvalue weighted by Crippen LogP contribution is -2.53. The molecular formula is C22H16FN4O+. The Hall–Kier alpha value is -3.61. The van der Waals surface area contributed by atoms with Crippen molar-refractivity contribution in [1.82, 2.24) is 0 Å². The molecule has 0 bridgehead atoms. The lowest BCUT2D eigenvalue weighted by atomic mass is 10.0. The number of allylic oxidation sites excluding steroid dienone is 4. The summed E-state index contributed by atoms with van der Waals surface area (Å²) in [5.74, 6) is 8.30. The zero-order valence-corrected chi connectivity index (χ0v) is 14.8. The highest BCUT2D eigenvalue weighted by Crippen LogP contribution is 2.36. The molecule has 2 aromatic rings. The van der Waals surface area contributed by atoms with E-state index in [1.54, 1.807) is 24.5 Å². The number of halogens is 1. The molecule has 5 rings (SSSR count). The van der Waals surface area contributed by atoms with Gasteiger partial charge in [-0.3, -0.25) is 4.99 Å². The maximum atomic E-state index is 13.0. The minimum Gasteiger partial charge on any atom is -0.457 e. The third-order valence-corrected chi connectivity index (χ3v) is 4.78. The van der Waals surface area contributed by atoms with Crippen LogP contribution >= 0.6 is 0 Å². The van der Waals surface area contributed by atoms with Crippen LogP contribution in [0.2, 0.25) is 0 Å². The predicted octanol–water partition coefficient (Wildman–Crippen LogP) is 4.33. The van der Waals surface area contributed by atoms with Crippen LogP contribution in [0.15, 0.2) is 106 Å². The molecule has 1 unspecified atom stereocenters. The SMILES string of the molecule is N[N+]12C=CN=CC1=C(C1=CC=C1)N=C2c1ccc(Oc2ccc(F)cc2)cc1. The molecule has 3 aliphatic rings. The second-order valence-corrected chi connectivity index (χ2v) is 6.58. The molecule has 0 spiro atoms. The van der Waals surface area contributed by atoms with Crippen LogP contribution in [0.25, 0.3) is 0 Å². The minimum absolute atomic E-state index is 0.0256. The van der Waals surface area contributed by atoms with E-state index in [1.165, 1.54) is 12.1 Å². The van der Waals surface area contributed by atoms with E-state index in [9.17, 15) is 4.39 Å². The van der Waals surface area contributed by atoms with E-state index in [0.29, 0.717) is 17.3 Å². The molecule has 6 heteroatoms. The predicted molar refractivity (Wildman–Crippen MR) is 106 cm³/mol. The van der Waals surface area contributed by atoms with E-state index in [0.717, 1.165) is 22.5 Å². The normalized spacial score (nSPS) is 21.9. The number of aliphatic imine (C=N–C) groups is 2. The van der Waals surface area contributed by atoms with Gasteiger partial charge in [-0.25, -0.2) is 4.39 Å².